The first kappa shape index (κ1) is 13.4. The fraction of sp³-hybridized carbons (Fsp3) is 0.214. The Morgan fingerprint density at radius 1 is 1.32 bits per heavy atom. The smallest absolute Gasteiger partial charge is 0.142 e. The third kappa shape index (κ3) is 3.06. The molecule has 1 atom stereocenters. The number of aromatic nitrogens is 1. The predicted octanol–water partition coefficient (Wildman–Crippen LogP) is 2.64. The van der Waals surface area contributed by atoms with Crippen molar-refractivity contribution in [2.75, 3.05) is 7.11 Å². The number of ether oxygens (including phenoxy) is 1. The van der Waals surface area contributed by atoms with E-state index in [1.165, 1.54) is 25.6 Å². The van der Waals surface area contributed by atoms with Gasteiger partial charge in [-0.3, -0.25) is 4.98 Å². The molecule has 1 unspecified atom stereocenters. The molecule has 0 amide bonds. The van der Waals surface area contributed by atoms with Crippen molar-refractivity contribution >= 4 is 0 Å². The van der Waals surface area contributed by atoms with Gasteiger partial charge in [0.2, 0.25) is 0 Å². The minimum Gasteiger partial charge on any atom is -0.495 e. The molecule has 0 bridgehead atoms. The van der Waals surface area contributed by atoms with Crippen LogP contribution in [0.15, 0.2) is 36.7 Å². The molecule has 0 fully saturated rings. The Morgan fingerprint density at radius 3 is 2.79 bits per heavy atom. The number of pyridine rings is 1. The molecule has 0 aliphatic heterocycles. The molecule has 5 heteroatoms. The van der Waals surface area contributed by atoms with Crippen LogP contribution in [0.25, 0.3) is 0 Å². The van der Waals surface area contributed by atoms with Gasteiger partial charge in [0.05, 0.1) is 19.4 Å². The molecule has 0 saturated carbocycles. The number of aliphatic hydroxyl groups excluding tert-OH is 1. The van der Waals surface area contributed by atoms with Crippen LogP contribution in [0.2, 0.25) is 0 Å². The van der Waals surface area contributed by atoms with Crippen LogP contribution in [-0.2, 0) is 6.42 Å². The first-order valence-corrected chi connectivity index (χ1v) is 5.71. The normalized spacial score (nSPS) is 12.2. The highest BCUT2D eigenvalue weighted by Gasteiger charge is 2.16. The quantitative estimate of drug-likeness (QED) is 0.924. The van der Waals surface area contributed by atoms with Crippen LogP contribution in [0.1, 0.15) is 17.2 Å². The van der Waals surface area contributed by atoms with E-state index in [0.29, 0.717) is 11.3 Å². The largest absolute Gasteiger partial charge is 0.495 e. The molecule has 1 aromatic heterocycles. The maximum atomic E-state index is 13.5. The van der Waals surface area contributed by atoms with Crippen molar-refractivity contribution in [2.24, 2.45) is 0 Å². The lowest BCUT2D eigenvalue weighted by Gasteiger charge is -2.14. The SMILES string of the molecule is COc1cnccc1C(O)Cc1ccc(F)cc1F. The maximum absolute atomic E-state index is 13.5. The molecule has 100 valence electrons. The Hall–Kier alpha value is -2.01. The second kappa shape index (κ2) is 5.75. The Balaban J connectivity index is 2.23. The van der Waals surface area contributed by atoms with Gasteiger partial charge in [0.15, 0.2) is 0 Å². The lowest BCUT2D eigenvalue weighted by atomic mass is 10.0. The Labute approximate surface area is 109 Å². The number of halogens is 2. The fourth-order valence-corrected chi connectivity index (χ4v) is 1.84. The predicted molar refractivity (Wildman–Crippen MR) is 65.8 cm³/mol. The topological polar surface area (TPSA) is 42.4 Å². The lowest BCUT2D eigenvalue weighted by molar-refractivity contribution is 0.172. The van der Waals surface area contributed by atoms with Gasteiger partial charge in [-0.15, -0.1) is 0 Å². The number of nitrogens with zero attached hydrogens (tertiary/aromatic N) is 1. The minimum atomic E-state index is -0.946. The number of methoxy groups -OCH3 is 1. The molecule has 0 spiro atoms. The maximum Gasteiger partial charge on any atom is 0.142 e. The molecule has 1 aromatic carbocycles. The second-order valence-electron chi connectivity index (χ2n) is 4.07. The molecule has 3 nitrogen and oxygen atoms in total. The van der Waals surface area contributed by atoms with E-state index in [-0.39, 0.29) is 12.0 Å². The van der Waals surface area contributed by atoms with Crippen molar-refractivity contribution in [3.05, 3.63) is 59.4 Å². The van der Waals surface area contributed by atoms with Gasteiger partial charge >= 0.3 is 0 Å². The van der Waals surface area contributed by atoms with Gasteiger partial charge in [0, 0.05) is 24.2 Å². The summed E-state index contributed by atoms with van der Waals surface area (Å²) in [6, 6.07) is 4.88. The molecule has 1 N–H and O–H groups in total. The van der Waals surface area contributed by atoms with Crippen LogP contribution >= 0.6 is 0 Å². The Kier molecular flexibility index (Phi) is 4.06. The van der Waals surface area contributed by atoms with Crippen LogP contribution in [0, 0.1) is 11.6 Å². The van der Waals surface area contributed by atoms with E-state index < -0.39 is 17.7 Å². The van der Waals surface area contributed by atoms with Gasteiger partial charge < -0.3 is 9.84 Å². The summed E-state index contributed by atoms with van der Waals surface area (Å²) in [6.45, 7) is 0. The van der Waals surface area contributed by atoms with Crippen LogP contribution in [-0.4, -0.2) is 17.2 Å². The molecular formula is C14H13F2NO2. The molecular weight excluding hydrogens is 252 g/mol. The first-order chi connectivity index (χ1) is 9.11. The number of aliphatic hydroxyl groups is 1. The van der Waals surface area contributed by atoms with Crippen LogP contribution in [0.5, 0.6) is 5.75 Å². The minimum absolute atomic E-state index is 0.0342. The van der Waals surface area contributed by atoms with E-state index in [1.807, 2.05) is 0 Å². The fourth-order valence-electron chi connectivity index (χ4n) is 1.84. The zero-order chi connectivity index (χ0) is 13.8. The van der Waals surface area contributed by atoms with Gasteiger partial charge in [-0.25, -0.2) is 8.78 Å². The molecule has 0 aliphatic carbocycles. The summed E-state index contributed by atoms with van der Waals surface area (Å²) in [7, 11) is 1.46. The monoisotopic (exact) mass is 265 g/mol. The van der Waals surface area contributed by atoms with Crippen LogP contribution in [0.3, 0.4) is 0 Å². The number of hydrogen-bond donors (Lipinski definition) is 1. The average Bonchev–Trinajstić information content (AvgIpc) is 2.41. The molecule has 19 heavy (non-hydrogen) atoms. The van der Waals surface area contributed by atoms with E-state index in [2.05, 4.69) is 4.98 Å². The Morgan fingerprint density at radius 2 is 2.11 bits per heavy atom. The Bertz CT molecular complexity index is 575. The highest BCUT2D eigenvalue weighted by atomic mass is 19.1. The molecule has 0 aliphatic rings. The summed E-state index contributed by atoms with van der Waals surface area (Å²) in [4.78, 5) is 3.87. The van der Waals surface area contributed by atoms with Gasteiger partial charge in [0.1, 0.15) is 17.4 Å². The van der Waals surface area contributed by atoms with E-state index >= 15 is 0 Å². The molecule has 2 rings (SSSR count). The number of rotatable bonds is 4. The van der Waals surface area contributed by atoms with Crippen molar-refractivity contribution in [3.8, 4) is 5.75 Å². The average molecular weight is 265 g/mol. The zero-order valence-corrected chi connectivity index (χ0v) is 10.3. The third-order valence-corrected chi connectivity index (χ3v) is 2.82. The van der Waals surface area contributed by atoms with Gasteiger partial charge in [-0.1, -0.05) is 6.07 Å². The first-order valence-electron chi connectivity index (χ1n) is 5.71. The summed E-state index contributed by atoms with van der Waals surface area (Å²) < 4.78 is 31.4. The summed E-state index contributed by atoms with van der Waals surface area (Å²) >= 11 is 0. The zero-order valence-electron chi connectivity index (χ0n) is 10.3. The molecule has 0 saturated heterocycles. The van der Waals surface area contributed by atoms with Gasteiger partial charge in [-0.05, 0) is 17.7 Å². The van der Waals surface area contributed by atoms with Crippen molar-refractivity contribution in [1.82, 2.24) is 4.98 Å². The third-order valence-electron chi connectivity index (χ3n) is 2.82. The van der Waals surface area contributed by atoms with Crippen molar-refractivity contribution in [3.63, 3.8) is 0 Å². The van der Waals surface area contributed by atoms with Crippen molar-refractivity contribution < 1.29 is 18.6 Å². The summed E-state index contributed by atoms with van der Waals surface area (Å²) in [6.07, 6.45) is 2.08. The molecule has 0 radical (unpaired) electrons. The summed E-state index contributed by atoms with van der Waals surface area (Å²) in [5.41, 5.74) is 0.758. The van der Waals surface area contributed by atoms with Crippen LogP contribution in [0.4, 0.5) is 8.78 Å². The number of hydrogen-bond acceptors (Lipinski definition) is 3. The van der Waals surface area contributed by atoms with Gasteiger partial charge in [0.25, 0.3) is 0 Å². The summed E-state index contributed by atoms with van der Waals surface area (Å²) in [5.74, 6) is -0.887. The molecule has 2 aromatic rings. The number of benzene rings is 1. The second-order valence-corrected chi connectivity index (χ2v) is 4.07. The summed E-state index contributed by atoms with van der Waals surface area (Å²) in [5, 5.41) is 10.1. The van der Waals surface area contributed by atoms with Crippen molar-refractivity contribution in [2.45, 2.75) is 12.5 Å². The van der Waals surface area contributed by atoms with E-state index in [1.54, 1.807) is 6.07 Å². The van der Waals surface area contributed by atoms with E-state index in [0.717, 1.165) is 12.1 Å². The van der Waals surface area contributed by atoms with Crippen LogP contribution < -0.4 is 4.74 Å². The highest BCUT2D eigenvalue weighted by molar-refractivity contribution is 5.33. The van der Waals surface area contributed by atoms with Crippen molar-refractivity contribution in [1.29, 1.82) is 0 Å². The molecule has 1 heterocycles. The van der Waals surface area contributed by atoms with E-state index in [9.17, 15) is 13.9 Å². The standard InChI is InChI=1S/C14H13F2NO2/c1-19-14-8-17-5-4-11(14)13(18)6-9-2-3-10(15)7-12(9)16/h2-5,7-8,13,18H,6H2,1H3. The van der Waals surface area contributed by atoms with Gasteiger partial charge in [-0.2, -0.15) is 0 Å². The highest BCUT2D eigenvalue weighted by Crippen LogP contribution is 2.27. The lowest BCUT2D eigenvalue weighted by Crippen LogP contribution is -2.06. The van der Waals surface area contributed by atoms with E-state index in [4.69, 9.17) is 4.74 Å².